The normalized spacial score (nSPS) is 11.7. The second-order valence-electron chi connectivity index (χ2n) is 6.23. The van der Waals surface area contributed by atoms with Crippen molar-refractivity contribution in [2.75, 3.05) is 13.6 Å². The molecule has 1 aromatic carbocycles. The minimum atomic E-state index is -0.104. The topological polar surface area (TPSA) is 33.2 Å². The number of hydrogen-bond donors (Lipinski definition) is 0. The molecule has 0 aliphatic carbocycles. The quantitative estimate of drug-likeness (QED) is 0.837. The van der Waals surface area contributed by atoms with Gasteiger partial charge in [0.25, 0.3) is 5.91 Å². The molecule has 2 aromatic rings. The second kappa shape index (κ2) is 5.41. The summed E-state index contributed by atoms with van der Waals surface area (Å²) in [7, 11) is 1.79. The Hall–Kier alpha value is -1.61. The van der Waals surface area contributed by atoms with Crippen molar-refractivity contribution in [1.82, 2.24) is 9.88 Å². The Morgan fingerprint density at radius 1 is 1.30 bits per heavy atom. The first-order chi connectivity index (χ1) is 9.28. The fourth-order valence-electron chi connectivity index (χ4n) is 2.22. The monoisotopic (exact) mass is 290 g/mol. The molecule has 0 aliphatic rings. The number of halogens is 1. The predicted molar refractivity (Wildman–Crippen MR) is 83.2 cm³/mol. The van der Waals surface area contributed by atoms with Crippen molar-refractivity contribution in [3.8, 4) is 0 Å². The van der Waals surface area contributed by atoms with Gasteiger partial charge in [-0.25, -0.2) is 4.98 Å². The van der Waals surface area contributed by atoms with Gasteiger partial charge in [-0.3, -0.25) is 4.79 Å². The number of amides is 1. The fourth-order valence-corrected chi connectivity index (χ4v) is 2.48. The minimum absolute atomic E-state index is 0.0467. The summed E-state index contributed by atoms with van der Waals surface area (Å²) < 4.78 is 0. The number of pyridine rings is 1. The third-order valence-corrected chi connectivity index (χ3v) is 3.26. The summed E-state index contributed by atoms with van der Waals surface area (Å²) in [6.07, 6.45) is 0. The number of fused-ring (bicyclic) bond motifs is 1. The van der Waals surface area contributed by atoms with Gasteiger partial charge in [-0.05, 0) is 17.5 Å². The highest BCUT2D eigenvalue weighted by Crippen LogP contribution is 2.24. The molecule has 1 aromatic heterocycles. The van der Waals surface area contributed by atoms with Crippen LogP contribution in [0.5, 0.6) is 0 Å². The van der Waals surface area contributed by atoms with Crippen LogP contribution in [0, 0.1) is 5.41 Å². The van der Waals surface area contributed by atoms with Crippen LogP contribution in [-0.4, -0.2) is 29.4 Å². The van der Waals surface area contributed by atoms with Gasteiger partial charge in [0.1, 0.15) is 5.69 Å². The highest BCUT2D eigenvalue weighted by atomic mass is 35.5. The summed E-state index contributed by atoms with van der Waals surface area (Å²) in [6, 6.07) is 9.20. The van der Waals surface area contributed by atoms with Crippen LogP contribution in [0.15, 0.2) is 30.3 Å². The van der Waals surface area contributed by atoms with Gasteiger partial charge in [-0.15, -0.1) is 0 Å². The van der Waals surface area contributed by atoms with E-state index in [0.717, 1.165) is 10.9 Å². The number of benzene rings is 1. The average molecular weight is 291 g/mol. The van der Waals surface area contributed by atoms with E-state index < -0.39 is 0 Å². The zero-order valence-electron chi connectivity index (χ0n) is 12.3. The zero-order chi connectivity index (χ0) is 14.9. The lowest BCUT2D eigenvalue weighted by Gasteiger charge is -2.26. The summed E-state index contributed by atoms with van der Waals surface area (Å²) in [4.78, 5) is 18.5. The number of nitrogens with zero attached hydrogens (tertiary/aromatic N) is 2. The Morgan fingerprint density at radius 2 is 1.95 bits per heavy atom. The molecule has 4 heteroatoms. The van der Waals surface area contributed by atoms with Gasteiger partial charge < -0.3 is 4.90 Å². The fraction of sp³-hybridized carbons (Fsp3) is 0.375. The van der Waals surface area contributed by atoms with Crippen molar-refractivity contribution in [3.63, 3.8) is 0 Å². The average Bonchev–Trinajstić information content (AvgIpc) is 2.35. The van der Waals surface area contributed by atoms with Crippen LogP contribution in [-0.2, 0) is 0 Å². The lowest BCUT2D eigenvalue weighted by Crippen LogP contribution is -2.34. The molecule has 0 atom stereocenters. The van der Waals surface area contributed by atoms with Crippen LogP contribution in [0.3, 0.4) is 0 Å². The molecule has 0 fully saturated rings. The Bertz CT molecular complexity index is 646. The standard InChI is InChI=1S/C16H19ClN2O/c1-16(2,3)10-19(4)15(20)14-9-12(17)11-7-5-6-8-13(11)18-14/h5-9H,10H2,1-4H3. The van der Waals surface area contributed by atoms with E-state index in [9.17, 15) is 4.79 Å². The number of rotatable bonds is 2. The van der Waals surface area contributed by atoms with Crippen molar-refractivity contribution in [2.24, 2.45) is 5.41 Å². The molecule has 0 N–H and O–H groups in total. The molecule has 0 saturated carbocycles. The Labute approximate surface area is 124 Å². The third-order valence-electron chi connectivity index (χ3n) is 2.94. The molecule has 0 unspecified atom stereocenters. The van der Waals surface area contributed by atoms with Crippen LogP contribution in [0.1, 0.15) is 31.3 Å². The molecule has 1 heterocycles. The summed E-state index contributed by atoms with van der Waals surface area (Å²) >= 11 is 6.23. The predicted octanol–water partition coefficient (Wildman–Crippen LogP) is 4.01. The summed E-state index contributed by atoms with van der Waals surface area (Å²) in [5.74, 6) is -0.104. The van der Waals surface area contributed by atoms with Gasteiger partial charge >= 0.3 is 0 Å². The first kappa shape index (κ1) is 14.8. The van der Waals surface area contributed by atoms with E-state index in [1.165, 1.54) is 0 Å². The van der Waals surface area contributed by atoms with Crippen molar-refractivity contribution >= 4 is 28.4 Å². The molecule has 0 spiro atoms. The highest BCUT2D eigenvalue weighted by Gasteiger charge is 2.20. The van der Waals surface area contributed by atoms with E-state index in [-0.39, 0.29) is 11.3 Å². The van der Waals surface area contributed by atoms with Crippen LogP contribution in [0.2, 0.25) is 5.02 Å². The molecule has 0 bridgehead atoms. The second-order valence-corrected chi connectivity index (χ2v) is 6.64. The van der Waals surface area contributed by atoms with Gasteiger partial charge in [0.2, 0.25) is 0 Å². The third kappa shape index (κ3) is 3.28. The van der Waals surface area contributed by atoms with E-state index in [0.29, 0.717) is 17.3 Å². The smallest absolute Gasteiger partial charge is 0.272 e. The Morgan fingerprint density at radius 3 is 2.60 bits per heavy atom. The van der Waals surface area contributed by atoms with Crippen LogP contribution >= 0.6 is 11.6 Å². The zero-order valence-corrected chi connectivity index (χ0v) is 13.0. The number of hydrogen-bond acceptors (Lipinski definition) is 2. The molecule has 2 rings (SSSR count). The van der Waals surface area contributed by atoms with Crippen molar-refractivity contribution in [2.45, 2.75) is 20.8 Å². The van der Waals surface area contributed by atoms with E-state index >= 15 is 0 Å². The van der Waals surface area contributed by atoms with Crippen LogP contribution in [0.25, 0.3) is 10.9 Å². The molecule has 0 aliphatic heterocycles. The molecule has 106 valence electrons. The van der Waals surface area contributed by atoms with Crippen molar-refractivity contribution < 1.29 is 4.79 Å². The van der Waals surface area contributed by atoms with Crippen LogP contribution in [0.4, 0.5) is 0 Å². The minimum Gasteiger partial charge on any atom is -0.340 e. The summed E-state index contributed by atoms with van der Waals surface area (Å²) in [6.45, 7) is 6.95. The largest absolute Gasteiger partial charge is 0.340 e. The Kier molecular flexibility index (Phi) is 4.00. The van der Waals surface area contributed by atoms with Gasteiger partial charge in [0, 0.05) is 19.0 Å². The number of carbonyl (C=O) groups is 1. The van der Waals surface area contributed by atoms with E-state index in [4.69, 9.17) is 11.6 Å². The molecular formula is C16H19ClN2O. The molecule has 0 radical (unpaired) electrons. The molecule has 1 amide bonds. The van der Waals surface area contributed by atoms with E-state index in [2.05, 4.69) is 25.8 Å². The van der Waals surface area contributed by atoms with Gasteiger partial charge in [-0.1, -0.05) is 50.6 Å². The molecular weight excluding hydrogens is 272 g/mol. The van der Waals surface area contributed by atoms with Gasteiger partial charge in [0.15, 0.2) is 0 Å². The van der Waals surface area contributed by atoms with Crippen molar-refractivity contribution in [1.29, 1.82) is 0 Å². The maximum absolute atomic E-state index is 12.4. The number of carbonyl (C=O) groups excluding carboxylic acids is 1. The maximum Gasteiger partial charge on any atom is 0.272 e. The summed E-state index contributed by atoms with van der Waals surface area (Å²) in [5.41, 5.74) is 1.18. The van der Waals surface area contributed by atoms with Crippen molar-refractivity contribution in [3.05, 3.63) is 41.0 Å². The molecule has 0 saturated heterocycles. The van der Waals surface area contributed by atoms with Crippen LogP contribution < -0.4 is 0 Å². The number of para-hydroxylation sites is 1. The molecule has 20 heavy (non-hydrogen) atoms. The van der Waals surface area contributed by atoms with Gasteiger partial charge in [0.05, 0.1) is 10.5 Å². The molecule has 3 nitrogen and oxygen atoms in total. The Balaban J connectivity index is 2.35. The first-order valence-corrected chi connectivity index (χ1v) is 6.96. The van der Waals surface area contributed by atoms with Gasteiger partial charge in [-0.2, -0.15) is 0 Å². The maximum atomic E-state index is 12.4. The lowest BCUT2D eigenvalue weighted by atomic mass is 9.96. The van der Waals surface area contributed by atoms with E-state index in [1.54, 1.807) is 18.0 Å². The lowest BCUT2D eigenvalue weighted by molar-refractivity contribution is 0.0740. The van der Waals surface area contributed by atoms with E-state index in [1.807, 2.05) is 24.3 Å². The highest BCUT2D eigenvalue weighted by molar-refractivity contribution is 6.35. The SMILES string of the molecule is CN(CC(C)(C)C)C(=O)c1cc(Cl)c2ccccc2n1. The first-order valence-electron chi connectivity index (χ1n) is 6.59. The number of aromatic nitrogens is 1. The summed E-state index contributed by atoms with van der Waals surface area (Å²) in [5, 5.41) is 1.42.